The van der Waals surface area contributed by atoms with Crippen LogP contribution in [-0.4, -0.2) is 35.3 Å². The van der Waals surface area contributed by atoms with E-state index < -0.39 is 0 Å². The summed E-state index contributed by atoms with van der Waals surface area (Å²) in [5, 5.41) is 0. The molecule has 2 fully saturated rings. The van der Waals surface area contributed by atoms with Gasteiger partial charge in [0.1, 0.15) is 17.3 Å². The Bertz CT molecular complexity index is 801. The van der Waals surface area contributed by atoms with Crippen LogP contribution in [-0.2, 0) is 24.3 Å². The van der Waals surface area contributed by atoms with Crippen LogP contribution in [0.5, 0.6) is 0 Å². The summed E-state index contributed by atoms with van der Waals surface area (Å²) in [5.41, 5.74) is 0.720. The Morgan fingerprint density at radius 2 is 1.81 bits per heavy atom. The molecule has 0 radical (unpaired) electrons. The number of hydrogen-bond acceptors (Lipinski definition) is 3. The molecule has 0 N–H and O–H groups in total. The molecule has 1 aromatic heterocycles. The third kappa shape index (κ3) is 3.79. The van der Waals surface area contributed by atoms with Crippen molar-refractivity contribution in [1.29, 1.82) is 0 Å². The van der Waals surface area contributed by atoms with E-state index in [1.54, 1.807) is 12.1 Å². The fourth-order valence-corrected chi connectivity index (χ4v) is 4.50. The zero-order valence-electron chi connectivity index (χ0n) is 15.9. The first kappa shape index (κ1) is 18.2. The number of halogens is 1. The van der Waals surface area contributed by atoms with E-state index in [0.717, 1.165) is 68.9 Å². The number of furan rings is 1. The van der Waals surface area contributed by atoms with Gasteiger partial charge in [-0.1, -0.05) is 19.1 Å². The third-order valence-electron chi connectivity index (χ3n) is 5.99. The van der Waals surface area contributed by atoms with Crippen LogP contribution in [0.3, 0.4) is 0 Å². The van der Waals surface area contributed by atoms with Gasteiger partial charge in [-0.2, -0.15) is 0 Å². The highest BCUT2D eigenvalue weighted by molar-refractivity contribution is 5.84. The fourth-order valence-electron chi connectivity index (χ4n) is 4.50. The molecule has 4 rings (SSSR count). The van der Waals surface area contributed by atoms with Gasteiger partial charge in [-0.05, 0) is 55.6 Å². The molecule has 1 aromatic carbocycles. The van der Waals surface area contributed by atoms with Gasteiger partial charge in [0, 0.05) is 26.1 Å². The lowest BCUT2D eigenvalue weighted by atomic mass is 9.78. The quantitative estimate of drug-likeness (QED) is 0.798. The Kier molecular flexibility index (Phi) is 5.04. The highest BCUT2D eigenvalue weighted by Gasteiger charge is 2.48. The van der Waals surface area contributed by atoms with Gasteiger partial charge in [0.2, 0.25) is 5.91 Å². The van der Waals surface area contributed by atoms with Crippen LogP contribution < -0.4 is 0 Å². The van der Waals surface area contributed by atoms with Crippen molar-refractivity contribution in [3.8, 4) is 0 Å². The van der Waals surface area contributed by atoms with Crippen molar-refractivity contribution in [1.82, 2.24) is 9.80 Å². The first-order valence-corrected chi connectivity index (χ1v) is 9.92. The molecular formula is C22H27FN2O2. The smallest absolute Gasteiger partial charge is 0.230 e. The van der Waals surface area contributed by atoms with Crippen LogP contribution in [0.25, 0.3) is 0 Å². The van der Waals surface area contributed by atoms with Crippen LogP contribution in [0.1, 0.15) is 43.3 Å². The maximum Gasteiger partial charge on any atom is 0.230 e. The molecule has 1 atom stereocenters. The number of aryl methyl sites for hydroxylation is 1. The molecule has 2 aromatic rings. The van der Waals surface area contributed by atoms with Crippen molar-refractivity contribution in [3.05, 3.63) is 59.3 Å². The first-order chi connectivity index (χ1) is 13.1. The highest BCUT2D eigenvalue weighted by Crippen LogP contribution is 2.41. The predicted molar refractivity (Wildman–Crippen MR) is 101 cm³/mol. The number of carbonyl (C=O) groups excluding carboxylic acids is 1. The number of likely N-dealkylation sites (tertiary alicyclic amines) is 2. The number of nitrogens with zero attached hydrogens (tertiary/aromatic N) is 2. The molecule has 27 heavy (non-hydrogen) atoms. The number of carbonyl (C=O) groups is 1. The van der Waals surface area contributed by atoms with Crippen LogP contribution in [0, 0.1) is 11.2 Å². The number of benzene rings is 1. The molecule has 3 heterocycles. The minimum Gasteiger partial charge on any atom is -0.465 e. The fraction of sp³-hybridized carbons (Fsp3) is 0.500. The van der Waals surface area contributed by atoms with Gasteiger partial charge in [0.05, 0.1) is 12.0 Å². The molecule has 5 heteroatoms. The molecule has 0 aliphatic carbocycles. The van der Waals surface area contributed by atoms with E-state index in [1.165, 1.54) is 12.1 Å². The highest BCUT2D eigenvalue weighted by atomic mass is 19.1. The summed E-state index contributed by atoms with van der Waals surface area (Å²) >= 11 is 0. The Hall–Kier alpha value is -2.14. The summed E-state index contributed by atoms with van der Waals surface area (Å²) in [6.07, 6.45) is 3.80. The van der Waals surface area contributed by atoms with E-state index >= 15 is 0 Å². The van der Waals surface area contributed by atoms with Gasteiger partial charge in [-0.15, -0.1) is 0 Å². The van der Waals surface area contributed by atoms with Crippen LogP contribution in [0.15, 0.2) is 40.8 Å². The van der Waals surface area contributed by atoms with Crippen LogP contribution in [0.2, 0.25) is 0 Å². The Morgan fingerprint density at radius 3 is 2.56 bits per heavy atom. The van der Waals surface area contributed by atoms with Crippen molar-refractivity contribution in [2.75, 3.05) is 19.6 Å². The maximum atomic E-state index is 13.3. The Balaban J connectivity index is 1.41. The lowest BCUT2D eigenvalue weighted by Gasteiger charge is -2.39. The number of piperidine rings is 1. The summed E-state index contributed by atoms with van der Waals surface area (Å²) in [4.78, 5) is 17.6. The van der Waals surface area contributed by atoms with E-state index in [2.05, 4.69) is 11.8 Å². The van der Waals surface area contributed by atoms with Crippen molar-refractivity contribution in [3.63, 3.8) is 0 Å². The van der Waals surface area contributed by atoms with Gasteiger partial charge < -0.3 is 9.32 Å². The van der Waals surface area contributed by atoms with Crippen LogP contribution in [0.4, 0.5) is 4.39 Å². The molecule has 2 aliphatic heterocycles. The average Bonchev–Trinajstić information content (AvgIpc) is 3.29. The third-order valence-corrected chi connectivity index (χ3v) is 5.99. The zero-order valence-corrected chi connectivity index (χ0v) is 15.9. The summed E-state index contributed by atoms with van der Waals surface area (Å²) in [7, 11) is 0. The SMILES string of the molecule is CCc1ccc(CN2CCC3(CCCN(Cc4ccc(F)cc4)C3=O)C2)o1. The van der Waals surface area contributed by atoms with Crippen molar-refractivity contribution < 1.29 is 13.6 Å². The Morgan fingerprint density at radius 1 is 1.04 bits per heavy atom. The molecular weight excluding hydrogens is 343 g/mol. The normalized spacial score (nSPS) is 23.5. The van der Waals surface area contributed by atoms with E-state index in [0.29, 0.717) is 6.54 Å². The number of rotatable bonds is 5. The van der Waals surface area contributed by atoms with E-state index in [1.807, 2.05) is 17.0 Å². The van der Waals surface area contributed by atoms with Gasteiger partial charge in [0.15, 0.2) is 0 Å². The molecule has 144 valence electrons. The summed E-state index contributed by atoms with van der Waals surface area (Å²) in [6.45, 7) is 5.94. The molecule has 0 bridgehead atoms. The summed E-state index contributed by atoms with van der Waals surface area (Å²) in [5.74, 6) is 2.01. The van der Waals surface area contributed by atoms with Crippen LogP contribution >= 0.6 is 0 Å². The van der Waals surface area contributed by atoms with Gasteiger partial charge in [-0.3, -0.25) is 9.69 Å². The minimum absolute atomic E-state index is 0.240. The van der Waals surface area contributed by atoms with E-state index in [9.17, 15) is 9.18 Å². The second kappa shape index (κ2) is 7.47. The molecule has 1 unspecified atom stereocenters. The molecule has 1 amide bonds. The van der Waals surface area contributed by atoms with E-state index in [4.69, 9.17) is 4.42 Å². The predicted octanol–water partition coefficient (Wildman–Crippen LogP) is 4.00. The number of hydrogen-bond donors (Lipinski definition) is 0. The second-order valence-corrected chi connectivity index (χ2v) is 7.92. The standard InChI is InChI=1S/C22H27FN2O2/c1-2-19-8-9-20(27-19)15-24-13-11-22(16-24)10-3-12-25(21(22)26)14-17-4-6-18(23)7-5-17/h4-9H,2-3,10-16H2,1H3. The van der Waals surface area contributed by atoms with Crippen molar-refractivity contribution >= 4 is 5.91 Å². The molecule has 4 nitrogen and oxygen atoms in total. The lowest BCUT2D eigenvalue weighted by Crippen LogP contribution is -2.49. The monoisotopic (exact) mass is 370 g/mol. The van der Waals surface area contributed by atoms with Crippen molar-refractivity contribution in [2.24, 2.45) is 5.41 Å². The van der Waals surface area contributed by atoms with Gasteiger partial charge >= 0.3 is 0 Å². The topological polar surface area (TPSA) is 36.7 Å². The maximum absolute atomic E-state index is 13.3. The first-order valence-electron chi connectivity index (χ1n) is 9.92. The Labute approximate surface area is 159 Å². The summed E-state index contributed by atoms with van der Waals surface area (Å²) < 4.78 is 19.0. The molecule has 2 saturated heterocycles. The number of amides is 1. The zero-order chi connectivity index (χ0) is 18.9. The summed E-state index contributed by atoms with van der Waals surface area (Å²) in [6, 6.07) is 10.6. The van der Waals surface area contributed by atoms with Gasteiger partial charge in [-0.25, -0.2) is 4.39 Å². The van der Waals surface area contributed by atoms with Crippen molar-refractivity contribution in [2.45, 2.75) is 45.7 Å². The molecule has 2 aliphatic rings. The molecule has 1 spiro atoms. The van der Waals surface area contributed by atoms with Gasteiger partial charge in [0.25, 0.3) is 0 Å². The largest absolute Gasteiger partial charge is 0.465 e. The lowest BCUT2D eigenvalue weighted by molar-refractivity contribution is -0.146. The second-order valence-electron chi connectivity index (χ2n) is 7.92. The van der Waals surface area contributed by atoms with E-state index in [-0.39, 0.29) is 17.1 Å². The minimum atomic E-state index is -0.265. The molecule has 0 saturated carbocycles. The average molecular weight is 370 g/mol.